The van der Waals surface area contributed by atoms with Crippen molar-refractivity contribution in [3.63, 3.8) is 0 Å². The Labute approximate surface area is 221 Å². The lowest BCUT2D eigenvalue weighted by atomic mass is 9.99. The molecule has 1 aliphatic heterocycles. The highest BCUT2D eigenvalue weighted by molar-refractivity contribution is 7.90. The Kier molecular flexibility index (Phi) is 6.96. The molecule has 4 aromatic rings. The standard InChI is InChI=1S/C29H28N2O6S/c1-38(35,36)25-10-2-20(3-11-25)26-12-4-21-18-23(32)7-13-27(21)29(26)37-24-8-5-22(6-9-24)31-16-14-30(15-17-31)19-28(33)34/h2-13,18,32H,14-17,19H2,1H3,(H,33,34). The molecule has 1 saturated heterocycles. The molecule has 196 valence electrons. The third kappa shape index (κ3) is 5.58. The highest BCUT2D eigenvalue weighted by Gasteiger charge is 2.19. The molecule has 8 nitrogen and oxygen atoms in total. The van der Waals surface area contributed by atoms with Gasteiger partial charge in [0.1, 0.15) is 17.2 Å². The summed E-state index contributed by atoms with van der Waals surface area (Å²) in [5.74, 6) is 0.577. The van der Waals surface area contributed by atoms with Gasteiger partial charge in [0.15, 0.2) is 9.84 Å². The molecule has 4 aromatic carbocycles. The molecule has 1 aliphatic rings. The zero-order valence-corrected chi connectivity index (χ0v) is 21.7. The molecule has 0 radical (unpaired) electrons. The van der Waals surface area contributed by atoms with Crippen molar-refractivity contribution in [1.29, 1.82) is 0 Å². The van der Waals surface area contributed by atoms with Crippen molar-refractivity contribution in [3.8, 4) is 28.4 Å². The summed E-state index contributed by atoms with van der Waals surface area (Å²) < 4.78 is 30.3. The van der Waals surface area contributed by atoms with Crippen LogP contribution in [0.2, 0.25) is 0 Å². The van der Waals surface area contributed by atoms with Gasteiger partial charge in [-0.1, -0.05) is 18.2 Å². The molecule has 0 aromatic heterocycles. The number of aromatic hydroxyl groups is 1. The van der Waals surface area contributed by atoms with Crippen molar-refractivity contribution >= 4 is 32.3 Å². The summed E-state index contributed by atoms with van der Waals surface area (Å²) in [5, 5.41) is 20.6. The van der Waals surface area contributed by atoms with Crippen LogP contribution in [0.15, 0.2) is 83.8 Å². The largest absolute Gasteiger partial charge is 0.508 e. The van der Waals surface area contributed by atoms with E-state index in [0.29, 0.717) is 24.6 Å². The number of hydrogen-bond donors (Lipinski definition) is 2. The van der Waals surface area contributed by atoms with Gasteiger partial charge in [-0.05, 0) is 71.6 Å². The van der Waals surface area contributed by atoms with Gasteiger partial charge in [0.05, 0.1) is 11.4 Å². The van der Waals surface area contributed by atoms with Gasteiger partial charge in [-0.25, -0.2) is 8.42 Å². The monoisotopic (exact) mass is 532 g/mol. The normalized spacial score (nSPS) is 14.5. The Morgan fingerprint density at radius 2 is 1.58 bits per heavy atom. The van der Waals surface area contributed by atoms with Crippen molar-refractivity contribution in [2.75, 3.05) is 43.9 Å². The first-order valence-corrected chi connectivity index (χ1v) is 14.1. The van der Waals surface area contributed by atoms with Gasteiger partial charge in [0, 0.05) is 49.1 Å². The van der Waals surface area contributed by atoms with E-state index in [0.717, 1.165) is 40.7 Å². The molecule has 0 bridgehead atoms. The molecule has 0 aliphatic carbocycles. The number of nitrogens with zero attached hydrogens (tertiary/aromatic N) is 2. The maximum Gasteiger partial charge on any atom is 0.317 e. The average molecular weight is 533 g/mol. The molecular weight excluding hydrogens is 504 g/mol. The summed E-state index contributed by atoms with van der Waals surface area (Å²) in [6, 6.07) is 23.3. The Balaban J connectivity index is 1.43. The second-order valence-electron chi connectivity index (χ2n) is 9.40. The van der Waals surface area contributed by atoms with Crippen LogP contribution in [0.1, 0.15) is 0 Å². The number of benzene rings is 4. The number of sulfone groups is 1. The number of phenols is 1. The van der Waals surface area contributed by atoms with Crippen molar-refractivity contribution in [3.05, 3.63) is 78.9 Å². The summed E-state index contributed by atoms with van der Waals surface area (Å²) in [5.41, 5.74) is 2.63. The molecule has 5 rings (SSSR count). The molecule has 0 spiro atoms. The number of piperazine rings is 1. The predicted molar refractivity (Wildman–Crippen MR) is 147 cm³/mol. The second-order valence-corrected chi connectivity index (χ2v) is 11.4. The lowest BCUT2D eigenvalue weighted by Gasteiger charge is -2.35. The Bertz CT molecular complexity index is 1580. The van der Waals surface area contributed by atoms with E-state index in [-0.39, 0.29) is 17.2 Å². The fraction of sp³-hybridized carbons (Fsp3) is 0.207. The van der Waals surface area contributed by atoms with Crippen LogP contribution in [0, 0.1) is 0 Å². The summed E-state index contributed by atoms with van der Waals surface area (Å²) >= 11 is 0. The van der Waals surface area contributed by atoms with Crippen molar-refractivity contribution in [2.45, 2.75) is 4.90 Å². The van der Waals surface area contributed by atoms with E-state index in [9.17, 15) is 18.3 Å². The minimum atomic E-state index is -3.31. The molecular formula is C29H28N2O6S. The number of carboxylic acids is 1. The molecule has 0 atom stereocenters. The highest BCUT2D eigenvalue weighted by Crippen LogP contribution is 2.41. The van der Waals surface area contributed by atoms with Gasteiger partial charge >= 0.3 is 5.97 Å². The van der Waals surface area contributed by atoms with Gasteiger partial charge in [-0.3, -0.25) is 9.69 Å². The van der Waals surface area contributed by atoms with E-state index >= 15 is 0 Å². The topological polar surface area (TPSA) is 107 Å². The number of fused-ring (bicyclic) bond motifs is 1. The summed E-state index contributed by atoms with van der Waals surface area (Å²) in [6.45, 7) is 2.92. The summed E-state index contributed by atoms with van der Waals surface area (Å²) in [7, 11) is -3.31. The lowest BCUT2D eigenvalue weighted by Crippen LogP contribution is -2.47. The number of carbonyl (C=O) groups is 1. The number of ether oxygens (including phenoxy) is 1. The lowest BCUT2D eigenvalue weighted by molar-refractivity contribution is -0.138. The summed E-state index contributed by atoms with van der Waals surface area (Å²) in [4.78, 5) is 15.4. The first-order valence-electron chi connectivity index (χ1n) is 12.2. The number of phenolic OH excluding ortho intramolecular Hbond substituents is 1. The minimum Gasteiger partial charge on any atom is -0.508 e. The SMILES string of the molecule is CS(=O)(=O)c1ccc(-c2ccc3cc(O)ccc3c2Oc2ccc(N3CCN(CC(=O)O)CC3)cc2)cc1. The first-order chi connectivity index (χ1) is 18.2. The number of hydrogen-bond acceptors (Lipinski definition) is 7. The van der Waals surface area contributed by atoms with Crippen LogP contribution in [0.25, 0.3) is 21.9 Å². The third-order valence-corrected chi connectivity index (χ3v) is 7.83. The first kappa shape index (κ1) is 25.6. The summed E-state index contributed by atoms with van der Waals surface area (Å²) in [6.07, 6.45) is 1.18. The van der Waals surface area contributed by atoms with Crippen molar-refractivity contribution in [1.82, 2.24) is 4.90 Å². The number of carboxylic acid groups (broad SMARTS) is 1. The van der Waals surface area contributed by atoms with Gasteiger partial charge in [0.2, 0.25) is 0 Å². The molecule has 2 N–H and O–H groups in total. The number of aliphatic carboxylic acids is 1. The highest BCUT2D eigenvalue weighted by atomic mass is 32.2. The fourth-order valence-electron chi connectivity index (χ4n) is 4.71. The van der Waals surface area contributed by atoms with Crippen LogP contribution < -0.4 is 9.64 Å². The van der Waals surface area contributed by atoms with Gasteiger partial charge in [-0.2, -0.15) is 0 Å². The van der Waals surface area contributed by atoms with E-state index in [4.69, 9.17) is 9.84 Å². The van der Waals surface area contributed by atoms with E-state index in [1.807, 2.05) is 41.3 Å². The maximum atomic E-state index is 11.9. The van der Waals surface area contributed by atoms with Gasteiger partial charge < -0.3 is 19.8 Å². The zero-order chi connectivity index (χ0) is 26.9. The molecule has 1 fully saturated rings. The Hall–Kier alpha value is -4.08. The smallest absolute Gasteiger partial charge is 0.317 e. The van der Waals surface area contributed by atoms with Crippen LogP contribution in [0.4, 0.5) is 5.69 Å². The van der Waals surface area contributed by atoms with Crippen LogP contribution >= 0.6 is 0 Å². The predicted octanol–water partition coefficient (Wildman–Crippen LogP) is 4.61. The van der Waals surface area contributed by atoms with Crippen LogP contribution in [0.3, 0.4) is 0 Å². The molecule has 0 saturated carbocycles. The van der Waals surface area contributed by atoms with E-state index in [2.05, 4.69) is 4.90 Å². The Morgan fingerprint density at radius 3 is 2.21 bits per heavy atom. The van der Waals surface area contributed by atoms with E-state index in [1.54, 1.807) is 42.5 Å². The average Bonchev–Trinajstić information content (AvgIpc) is 2.89. The quantitative estimate of drug-likeness (QED) is 0.355. The second kappa shape index (κ2) is 10.4. The van der Waals surface area contributed by atoms with Crippen molar-refractivity contribution in [2.24, 2.45) is 0 Å². The molecule has 9 heteroatoms. The number of rotatable bonds is 7. The molecule has 38 heavy (non-hydrogen) atoms. The van der Waals surface area contributed by atoms with E-state index in [1.165, 1.54) is 6.26 Å². The minimum absolute atomic E-state index is 0.0583. The van der Waals surface area contributed by atoms with Crippen LogP contribution in [0.5, 0.6) is 17.2 Å². The van der Waals surface area contributed by atoms with Gasteiger partial charge in [0.25, 0.3) is 0 Å². The van der Waals surface area contributed by atoms with Crippen LogP contribution in [-0.2, 0) is 14.6 Å². The maximum absolute atomic E-state index is 11.9. The fourth-order valence-corrected chi connectivity index (χ4v) is 5.34. The number of anilines is 1. The molecule has 0 unspecified atom stereocenters. The van der Waals surface area contributed by atoms with Crippen LogP contribution in [-0.4, -0.2) is 68.5 Å². The van der Waals surface area contributed by atoms with Crippen molar-refractivity contribution < 1.29 is 28.2 Å². The molecule has 1 heterocycles. The van der Waals surface area contributed by atoms with Gasteiger partial charge in [-0.15, -0.1) is 0 Å². The Morgan fingerprint density at radius 1 is 0.895 bits per heavy atom. The zero-order valence-electron chi connectivity index (χ0n) is 20.9. The molecule has 0 amide bonds. The third-order valence-electron chi connectivity index (χ3n) is 6.70. The van der Waals surface area contributed by atoms with E-state index < -0.39 is 15.8 Å².